The first-order valence-electron chi connectivity index (χ1n) is 9.90. The summed E-state index contributed by atoms with van der Waals surface area (Å²) < 4.78 is 28.6. The number of carbonyl (C=O) groups is 1. The van der Waals surface area contributed by atoms with Crippen LogP contribution in [0.25, 0.3) is 0 Å². The Morgan fingerprint density at radius 1 is 1.07 bits per heavy atom. The summed E-state index contributed by atoms with van der Waals surface area (Å²) in [5, 5.41) is 0. The molecule has 0 N–H and O–H groups in total. The third-order valence-corrected chi connectivity index (χ3v) is 7.51. The van der Waals surface area contributed by atoms with Gasteiger partial charge in [-0.25, -0.2) is 8.42 Å². The van der Waals surface area contributed by atoms with Crippen LogP contribution in [0.15, 0.2) is 28.0 Å². The molecule has 27 heavy (non-hydrogen) atoms. The van der Waals surface area contributed by atoms with E-state index in [1.54, 1.807) is 11.0 Å². The van der Waals surface area contributed by atoms with Crippen molar-refractivity contribution in [2.24, 2.45) is 0 Å². The molecule has 1 atom stereocenters. The highest BCUT2D eigenvalue weighted by Crippen LogP contribution is 2.19. The fraction of sp³-hybridized carbons (Fsp3) is 0.684. The Morgan fingerprint density at radius 3 is 2.41 bits per heavy atom. The zero-order valence-electron chi connectivity index (χ0n) is 16.0. The number of sulfonamides is 1. The first-order valence-corrected chi connectivity index (χ1v) is 11.3. The largest absolute Gasteiger partial charge is 0.338 e. The first kappa shape index (κ1) is 20.1. The smallest absolute Gasteiger partial charge is 0.271 e. The van der Waals surface area contributed by atoms with E-state index in [9.17, 15) is 18.0 Å². The summed E-state index contributed by atoms with van der Waals surface area (Å²) in [6, 6.07) is 3.05. The van der Waals surface area contributed by atoms with Gasteiger partial charge in [0.1, 0.15) is 11.4 Å². The first-order chi connectivity index (χ1) is 12.9. The van der Waals surface area contributed by atoms with E-state index in [0.29, 0.717) is 19.6 Å². The number of hydrogen-bond acceptors (Lipinski definition) is 4. The molecule has 3 heterocycles. The maximum atomic E-state index is 13.0. The quantitative estimate of drug-likeness (QED) is 0.779. The minimum Gasteiger partial charge on any atom is -0.338 e. The Labute approximate surface area is 161 Å². The predicted octanol–water partition coefficient (Wildman–Crippen LogP) is 1.81. The van der Waals surface area contributed by atoms with Crippen LogP contribution in [0, 0.1) is 0 Å². The van der Waals surface area contributed by atoms with Gasteiger partial charge in [0.2, 0.25) is 15.9 Å². The third kappa shape index (κ3) is 4.43. The van der Waals surface area contributed by atoms with Crippen LogP contribution in [0.1, 0.15) is 51.9 Å². The van der Waals surface area contributed by atoms with E-state index in [4.69, 9.17) is 0 Å². The molecule has 2 aliphatic heterocycles. The normalized spacial score (nSPS) is 22.4. The molecule has 3 rings (SSSR count). The Balaban J connectivity index is 1.83. The van der Waals surface area contributed by atoms with E-state index in [1.807, 2.05) is 6.92 Å². The molecular weight excluding hydrogens is 366 g/mol. The number of rotatable bonds is 4. The molecule has 150 valence electrons. The van der Waals surface area contributed by atoms with Gasteiger partial charge in [-0.05, 0) is 51.2 Å². The molecule has 0 spiro atoms. The maximum Gasteiger partial charge on any atom is 0.271 e. The van der Waals surface area contributed by atoms with Gasteiger partial charge in [0.15, 0.2) is 0 Å². The summed E-state index contributed by atoms with van der Waals surface area (Å²) >= 11 is 0. The van der Waals surface area contributed by atoms with Crippen LogP contribution in [-0.2, 0) is 21.4 Å². The van der Waals surface area contributed by atoms with Crippen molar-refractivity contribution in [3.63, 3.8) is 0 Å². The van der Waals surface area contributed by atoms with Crippen LogP contribution < -0.4 is 5.56 Å². The monoisotopic (exact) mass is 395 g/mol. The van der Waals surface area contributed by atoms with E-state index in [1.165, 1.54) is 21.1 Å². The molecule has 1 unspecified atom stereocenters. The number of nitrogens with zero attached hydrogens (tertiary/aromatic N) is 3. The number of piperidine rings is 1. The second-order valence-corrected chi connectivity index (χ2v) is 9.46. The van der Waals surface area contributed by atoms with Crippen molar-refractivity contribution in [1.82, 2.24) is 13.8 Å². The lowest BCUT2D eigenvalue weighted by atomic mass is 10.0. The van der Waals surface area contributed by atoms with Gasteiger partial charge in [-0.3, -0.25) is 9.59 Å². The van der Waals surface area contributed by atoms with Crippen molar-refractivity contribution in [1.29, 1.82) is 0 Å². The number of likely N-dealkylation sites (tertiary alicyclic amines) is 1. The van der Waals surface area contributed by atoms with E-state index in [-0.39, 0.29) is 23.4 Å². The van der Waals surface area contributed by atoms with E-state index >= 15 is 0 Å². The average Bonchev–Trinajstić information content (AvgIpc) is 2.93. The lowest BCUT2D eigenvalue weighted by Gasteiger charge is -2.33. The molecule has 1 amide bonds. The summed E-state index contributed by atoms with van der Waals surface area (Å²) in [5.74, 6) is -0.131. The number of pyridine rings is 1. The van der Waals surface area contributed by atoms with Crippen molar-refractivity contribution in [2.75, 3.05) is 19.6 Å². The highest BCUT2D eigenvalue weighted by Gasteiger charge is 2.29. The molecule has 2 fully saturated rings. The van der Waals surface area contributed by atoms with Crippen LogP contribution in [0.2, 0.25) is 0 Å². The molecule has 0 bridgehead atoms. The van der Waals surface area contributed by atoms with Crippen LogP contribution in [-0.4, -0.2) is 53.8 Å². The van der Waals surface area contributed by atoms with Crippen LogP contribution in [0.3, 0.4) is 0 Å². The van der Waals surface area contributed by atoms with Crippen molar-refractivity contribution in [2.45, 2.75) is 69.4 Å². The summed E-state index contributed by atoms with van der Waals surface area (Å²) in [5.41, 5.74) is -0.611. The van der Waals surface area contributed by atoms with Gasteiger partial charge >= 0.3 is 0 Å². The van der Waals surface area contributed by atoms with Gasteiger partial charge in [0, 0.05) is 31.9 Å². The second-order valence-electron chi connectivity index (χ2n) is 7.56. The van der Waals surface area contributed by atoms with Crippen LogP contribution in [0.5, 0.6) is 0 Å². The van der Waals surface area contributed by atoms with E-state index < -0.39 is 15.6 Å². The summed E-state index contributed by atoms with van der Waals surface area (Å²) in [6.07, 6.45) is 8.17. The Hall–Kier alpha value is -1.67. The van der Waals surface area contributed by atoms with Gasteiger partial charge in [-0.15, -0.1) is 0 Å². The fourth-order valence-electron chi connectivity index (χ4n) is 3.96. The van der Waals surface area contributed by atoms with E-state index in [0.717, 1.165) is 44.9 Å². The summed E-state index contributed by atoms with van der Waals surface area (Å²) in [7, 11) is -3.83. The zero-order chi connectivity index (χ0) is 19.4. The van der Waals surface area contributed by atoms with Gasteiger partial charge in [-0.2, -0.15) is 4.31 Å². The molecule has 0 saturated carbocycles. The Kier molecular flexibility index (Phi) is 6.37. The topological polar surface area (TPSA) is 79.7 Å². The van der Waals surface area contributed by atoms with Gasteiger partial charge in [0.25, 0.3) is 5.56 Å². The van der Waals surface area contributed by atoms with Gasteiger partial charge in [-0.1, -0.05) is 12.8 Å². The molecule has 2 aliphatic rings. The molecule has 1 aromatic rings. The highest BCUT2D eigenvalue weighted by atomic mass is 32.2. The lowest BCUT2D eigenvalue weighted by Crippen LogP contribution is -2.45. The van der Waals surface area contributed by atoms with Crippen molar-refractivity contribution in [3.05, 3.63) is 28.7 Å². The van der Waals surface area contributed by atoms with Crippen molar-refractivity contribution in [3.8, 4) is 0 Å². The van der Waals surface area contributed by atoms with Gasteiger partial charge in [0.05, 0.1) is 0 Å². The standard InChI is InChI=1S/C19H29N3O4S/c1-16-9-4-7-14-22(16)18(23)15-20-11-8-10-17(19(20)24)27(25,26)21-12-5-2-3-6-13-21/h8,10-11,16H,2-7,9,12-15H2,1H3. The maximum absolute atomic E-state index is 13.0. The molecule has 8 heteroatoms. The minimum atomic E-state index is -3.83. The molecule has 1 aromatic heterocycles. The third-order valence-electron chi connectivity index (χ3n) is 5.60. The van der Waals surface area contributed by atoms with Crippen LogP contribution >= 0.6 is 0 Å². The Bertz CT molecular complexity index is 826. The summed E-state index contributed by atoms with van der Waals surface area (Å²) in [6.45, 7) is 3.48. The van der Waals surface area contributed by atoms with Crippen molar-refractivity contribution < 1.29 is 13.2 Å². The number of amides is 1. The highest BCUT2D eigenvalue weighted by molar-refractivity contribution is 7.89. The molecular formula is C19H29N3O4S. The van der Waals surface area contributed by atoms with E-state index in [2.05, 4.69) is 0 Å². The lowest BCUT2D eigenvalue weighted by molar-refractivity contribution is -0.135. The average molecular weight is 396 g/mol. The van der Waals surface area contributed by atoms with Crippen LogP contribution in [0.4, 0.5) is 0 Å². The SMILES string of the molecule is CC1CCCCN1C(=O)Cn1cccc(S(=O)(=O)N2CCCCCC2)c1=O. The number of carbonyl (C=O) groups excluding carboxylic acids is 1. The fourth-order valence-corrected chi connectivity index (χ4v) is 5.57. The second kappa shape index (κ2) is 8.56. The Morgan fingerprint density at radius 2 is 1.74 bits per heavy atom. The molecule has 0 radical (unpaired) electrons. The van der Waals surface area contributed by atoms with Gasteiger partial charge < -0.3 is 9.47 Å². The molecule has 7 nitrogen and oxygen atoms in total. The zero-order valence-corrected chi connectivity index (χ0v) is 16.8. The van der Waals surface area contributed by atoms with Crippen molar-refractivity contribution >= 4 is 15.9 Å². The predicted molar refractivity (Wildman–Crippen MR) is 103 cm³/mol. The summed E-state index contributed by atoms with van der Waals surface area (Å²) in [4.78, 5) is 27.0. The number of hydrogen-bond donors (Lipinski definition) is 0. The number of aromatic nitrogens is 1. The molecule has 0 aliphatic carbocycles. The minimum absolute atomic E-state index is 0.119. The molecule has 2 saturated heterocycles. The molecule has 0 aromatic carbocycles.